The van der Waals surface area contributed by atoms with E-state index in [1.54, 1.807) is 0 Å². The van der Waals surface area contributed by atoms with Crippen LogP contribution < -0.4 is 10.8 Å². The van der Waals surface area contributed by atoms with Crippen LogP contribution in [0.4, 0.5) is 4.79 Å². The number of hydrogen-bond donors (Lipinski definition) is 2. The van der Waals surface area contributed by atoms with Crippen molar-refractivity contribution >= 4 is 18.7 Å². The molecule has 5 nitrogen and oxygen atoms in total. The van der Waals surface area contributed by atoms with Crippen LogP contribution in [-0.4, -0.2) is 36.1 Å². The predicted octanol–water partition coefficient (Wildman–Crippen LogP) is 2.68. The van der Waals surface area contributed by atoms with Gasteiger partial charge in [-0.1, -0.05) is 30.7 Å². The Morgan fingerprint density at radius 1 is 1.12 bits per heavy atom. The van der Waals surface area contributed by atoms with Gasteiger partial charge >= 0.3 is 13.2 Å². The fourth-order valence-electron chi connectivity index (χ4n) is 3.39. The molecule has 2 fully saturated rings. The first-order valence-electron chi connectivity index (χ1n) is 8.58. The van der Waals surface area contributed by atoms with Gasteiger partial charge in [0.1, 0.15) is 0 Å². The monoisotopic (exact) mass is 331 g/mol. The van der Waals surface area contributed by atoms with E-state index in [1.807, 2.05) is 39.8 Å². The van der Waals surface area contributed by atoms with E-state index in [2.05, 4.69) is 17.4 Å². The van der Waals surface area contributed by atoms with Gasteiger partial charge in [0.25, 0.3) is 0 Å². The van der Waals surface area contributed by atoms with Gasteiger partial charge in [0, 0.05) is 12.0 Å². The highest BCUT2D eigenvalue weighted by Crippen LogP contribution is 2.43. The van der Waals surface area contributed by atoms with Crippen molar-refractivity contribution in [3.8, 4) is 0 Å². The fraction of sp³-hybridized carbons (Fsp3) is 0.611. The summed E-state index contributed by atoms with van der Waals surface area (Å²) in [5.41, 5.74) is 1.42. The Bertz CT molecular complexity index is 606. The third kappa shape index (κ3) is 2.93. The molecule has 0 radical (unpaired) electrons. The van der Waals surface area contributed by atoms with Gasteiger partial charge in [-0.05, 0) is 51.6 Å². The fourth-order valence-corrected chi connectivity index (χ4v) is 3.39. The lowest BCUT2D eigenvalue weighted by Crippen LogP contribution is -2.45. The Balaban J connectivity index is 1.75. The Labute approximate surface area is 143 Å². The van der Waals surface area contributed by atoms with E-state index in [4.69, 9.17) is 14.4 Å². The lowest BCUT2D eigenvalue weighted by molar-refractivity contribution is 0.00578. The first-order chi connectivity index (χ1) is 11.2. The second kappa shape index (κ2) is 5.78. The molecule has 0 atom stereocenters. The second-order valence-electron chi connectivity index (χ2n) is 8.00. The molecular formula is C18H26BNO4. The van der Waals surface area contributed by atoms with Crippen molar-refractivity contribution in [2.24, 2.45) is 0 Å². The molecule has 0 aromatic heterocycles. The Morgan fingerprint density at radius 3 is 2.08 bits per heavy atom. The van der Waals surface area contributed by atoms with Crippen LogP contribution >= 0.6 is 0 Å². The number of hydrogen-bond acceptors (Lipinski definition) is 3. The van der Waals surface area contributed by atoms with Crippen molar-refractivity contribution in [1.82, 2.24) is 5.32 Å². The maximum atomic E-state index is 10.8. The minimum absolute atomic E-state index is 0.0626. The van der Waals surface area contributed by atoms with Crippen LogP contribution in [0.3, 0.4) is 0 Å². The summed E-state index contributed by atoms with van der Waals surface area (Å²) in [5, 5.41) is 11.4. The number of amides is 1. The van der Waals surface area contributed by atoms with Crippen LogP contribution in [-0.2, 0) is 14.7 Å². The minimum Gasteiger partial charge on any atom is -0.465 e. The van der Waals surface area contributed by atoms with Crippen molar-refractivity contribution in [2.75, 3.05) is 6.54 Å². The molecular weight excluding hydrogens is 305 g/mol. The molecule has 1 heterocycles. The zero-order valence-corrected chi connectivity index (χ0v) is 14.9. The molecule has 1 aromatic rings. The number of benzene rings is 1. The summed E-state index contributed by atoms with van der Waals surface area (Å²) in [6.07, 6.45) is 2.21. The quantitative estimate of drug-likeness (QED) is 0.833. The molecule has 1 aliphatic heterocycles. The molecule has 130 valence electrons. The predicted molar refractivity (Wildman–Crippen MR) is 93.7 cm³/mol. The maximum Gasteiger partial charge on any atom is 0.494 e. The minimum atomic E-state index is -0.963. The summed E-state index contributed by atoms with van der Waals surface area (Å²) in [5.74, 6) is 0. The highest BCUT2D eigenvalue weighted by atomic mass is 16.7. The molecule has 6 heteroatoms. The molecule has 3 rings (SSSR count). The standard InChI is InChI=1S/C18H26BNO4/c1-16(2)17(3,4)24-19(23-16)14-8-6-13(7-9-14)18(10-5-11-18)12-20-15(21)22/h6-9,20H,5,10-12H2,1-4H3,(H,21,22). The van der Waals surface area contributed by atoms with Gasteiger partial charge in [0.15, 0.2) is 0 Å². The molecule has 1 aromatic carbocycles. The van der Waals surface area contributed by atoms with E-state index >= 15 is 0 Å². The van der Waals surface area contributed by atoms with Crippen molar-refractivity contribution in [3.63, 3.8) is 0 Å². The molecule has 1 aliphatic carbocycles. The number of rotatable bonds is 4. The Morgan fingerprint density at radius 2 is 1.67 bits per heavy atom. The van der Waals surface area contributed by atoms with Gasteiger partial charge < -0.3 is 19.7 Å². The molecule has 2 aliphatic rings. The van der Waals surface area contributed by atoms with Crippen molar-refractivity contribution in [3.05, 3.63) is 29.8 Å². The van der Waals surface area contributed by atoms with E-state index in [0.29, 0.717) is 6.54 Å². The summed E-state index contributed by atoms with van der Waals surface area (Å²) < 4.78 is 12.2. The van der Waals surface area contributed by atoms with Gasteiger partial charge in [-0.2, -0.15) is 0 Å². The average molecular weight is 331 g/mol. The molecule has 0 spiro atoms. The normalized spacial score (nSPS) is 23.6. The molecule has 1 saturated heterocycles. The van der Waals surface area contributed by atoms with Crippen molar-refractivity contribution < 1.29 is 19.2 Å². The largest absolute Gasteiger partial charge is 0.494 e. The average Bonchev–Trinajstić information content (AvgIpc) is 2.67. The summed E-state index contributed by atoms with van der Waals surface area (Å²) in [6.45, 7) is 8.65. The van der Waals surface area contributed by atoms with Gasteiger partial charge in [-0.15, -0.1) is 0 Å². The zero-order valence-electron chi connectivity index (χ0n) is 14.9. The molecule has 1 saturated carbocycles. The van der Waals surface area contributed by atoms with Gasteiger partial charge in [-0.3, -0.25) is 0 Å². The summed E-state index contributed by atoms with van der Waals surface area (Å²) in [6, 6.07) is 8.25. The van der Waals surface area contributed by atoms with Crippen molar-refractivity contribution in [1.29, 1.82) is 0 Å². The molecule has 0 bridgehead atoms. The SMILES string of the molecule is CC1(C)OB(c2ccc(C3(CNC(=O)O)CCC3)cc2)OC1(C)C. The number of carbonyl (C=O) groups is 1. The van der Waals surface area contributed by atoms with Crippen LogP contribution in [0, 0.1) is 0 Å². The van der Waals surface area contributed by atoms with Gasteiger partial charge in [0.2, 0.25) is 0 Å². The third-order valence-corrected chi connectivity index (χ3v) is 5.94. The van der Waals surface area contributed by atoms with Crippen LogP contribution in [0.2, 0.25) is 0 Å². The summed E-state index contributed by atoms with van der Waals surface area (Å²) >= 11 is 0. The first-order valence-corrected chi connectivity index (χ1v) is 8.58. The van der Waals surface area contributed by atoms with Gasteiger partial charge in [0.05, 0.1) is 11.2 Å². The smallest absolute Gasteiger partial charge is 0.465 e. The third-order valence-electron chi connectivity index (χ3n) is 5.94. The van der Waals surface area contributed by atoms with E-state index in [1.165, 1.54) is 5.56 Å². The second-order valence-corrected chi connectivity index (χ2v) is 8.00. The Kier molecular flexibility index (Phi) is 4.17. The van der Waals surface area contributed by atoms with E-state index in [0.717, 1.165) is 24.7 Å². The van der Waals surface area contributed by atoms with Gasteiger partial charge in [-0.25, -0.2) is 4.79 Å². The summed E-state index contributed by atoms with van der Waals surface area (Å²) in [7, 11) is -0.362. The van der Waals surface area contributed by atoms with E-state index in [-0.39, 0.29) is 23.7 Å². The highest BCUT2D eigenvalue weighted by Gasteiger charge is 2.51. The van der Waals surface area contributed by atoms with Crippen LogP contribution in [0.5, 0.6) is 0 Å². The molecule has 24 heavy (non-hydrogen) atoms. The zero-order chi connectivity index (χ0) is 17.6. The van der Waals surface area contributed by atoms with Crippen LogP contribution in [0.25, 0.3) is 0 Å². The van der Waals surface area contributed by atoms with Crippen LogP contribution in [0.1, 0.15) is 52.5 Å². The van der Waals surface area contributed by atoms with E-state index < -0.39 is 6.09 Å². The molecule has 1 amide bonds. The van der Waals surface area contributed by atoms with E-state index in [9.17, 15) is 4.79 Å². The lowest BCUT2D eigenvalue weighted by Gasteiger charge is -2.42. The highest BCUT2D eigenvalue weighted by molar-refractivity contribution is 6.62. The number of carboxylic acid groups (broad SMARTS) is 1. The number of nitrogens with one attached hydrogen (secondary N) is 1. The molecule has 0 unspecified atom stereocenters. The van der Waals surface area contributed by atoms with Crippen molar-refractivity contribution in [2.45, 2.75) is 63.6 Å². The first kappa shape index (κ1) is 17.3. The maximum absolute atomic E-state index is 10.8. The lowest BCUT2D eigenvalue weighted by atomic mass is 9.64. The molecule has 2 N–H and O–H groups in total. The Hall–Kier alpha value is -1.53. The summed E-state index contributed by atoms with van der Waals surface area (Å²) in [4.78, 5) is 10.8. The topological polar surface area (TPSA) is 67.8 Å². The van der Waals surface area contributed by atoms with Crippen LogP contribution in [0.15, 0.2) is 24.3 Å².